The van der Waals surface area contributed by atoms with Crippen LogP contribution in [0.15, 0.2) is 42.6 Å². The molecule has 2 amide bonds. The topological polar surface area (TPSA) is 53.5 Å². The molecule has 29 heavy (non-hydrogen) atoms. The van der Waals surface area contributed by atoms with Crippen LogP contribution >= 0.6 is 0 Å². The van der Waals surface area contributed by atoms with Gasteiger partial charge in [0.2, 0.25) is 5.91 Å². The van der Waals surface area contributed by atoms with Crippen LogP contribution in [0.1, 0.15) is 47.3 Å². The van der Waals surface area contributed by atoms with Gasteiger partial charge in [-0.25, -0.2) is 4.39 Å². The van der Waals surface area contributed by atoms with Crippen molar-refractivity contribution in [3.63, 3.8) is 0 Å². The zero-order valence-electron chi connectivity index (χ0n) is 16.8. The van der Waals surface area contributed by atoms with Gasteiger partial charge in [-0.1, -0.05) is 19.1 Å². The Labute approximate surface area is 170 Å². The minimum atomic E-state index is -0.267. The van der Waals surface area contributed by atoms with Crippen molar-refractivity contribution in [3.8, 4) is 0 Å². The van der Waals surface area contributed by atoms with E-state index in [-0.39, 0.29) is 35.5 Å². The summed E-state index contributed by atoms with van der Waals surface area (Å²) < 4.78 is 13.4. The Hall–Kier alpha value is -2.76. The first-order valence-electron chi connectivity index (χ1n) is 10.2. The second-order valence-corrected chi connectivity index (χ2v) is 8.02. The maximum atomic E-state index is 13.4. The van der Waals surface area contributed by atoms with E-state index in [1.165, 1.54) is 12.1 Å². The van der Waals surface area contributed by atoms with Crippen LogP contribution in [0.3, 0.4) is 0 Å². The lowest BCUT2D eigenvalue weighted by Crippen LogP contribution is -2.49. The lowest BCUT2D eigenvalue weighted by Gasteiger charge is -2.39. The fourth-order valence-corrected chi connectivity index (χ4v) is 4.75. The van der Waals surface area contributed by atoms with E-state index in [1.807, 2.05) is 47.9 Å². The van der Waals surface area contributed by atoms with Gasteiger partial charge in [0.05, 0.1) is 5.56 Å². The lowest BCUT2D eigenvalue weighted by molar-refractivity contribution is -0.132. The van der Waals surface area contributed by atoms with Gasteiger partial charge in [0.25, 0.3) is 5.91 Å². The summed E-state index contributed by atoms with van der Waals surface area (Å²) in [5, 5.41) is 0. The highest BCUT2D eigenvalue weighted by atomic mass is 19.1. The molecular formula is C23H26FN3O2. The van der Waals surface area contributed by atoms with E-state index in [1.54, 1.807) is 6.20 Å². The van der Waals surface area contributed by atoms with Gasteiger partial charge in [0.15, 0.2) is 0 Å². The molecule has 2 aromatic rings. The van der Waals surface area contributed by atoms with Gasteiger partial charge in [0, 0.05) is 55.8 Å². The third-order valence-corrected chi connectivity index (χ3v) is 6.30. The number of carbonyl (C=O) groups excluding carboxylic acids is 2. The molecule has 2 fully saturated rings. The van der Waals surface area contributed by atoms with Crippen LogP contribution in [0, 0.1) is 18.7 Å². The number of hydrogen-bond acceptors (Lipinski definition) is 3. The zero-order chi connectivity index (χ0) is 20.5. The molecular weight excluding hydrogens is 369 g/mol. The maximum absolute atomic E-state index is 13.4. The van der Waals surface area contributed by atoms with Crippen LogP contribution in [0.25, 0.3) is 0 Å². The second-order valence-electron chi connectivity index (χ2n) is 8.02. The summed E-state index contributed by atoms with van der Waals surface area (Å²) in [6.07, 6.45) is 2.86. The van der Waals surface area contributed by atoms with E-state index < -0.39 is 0 Å². The molecule has 2 aliphatic heterocycles. The normalized spacial score (nSPS) is 23.8. The fraction of sp³-hybridized carbons (Fsp3) is 0.435. The molecule has 0 radical (unpaired) electrons. The van der Waals surface area contributed by atoms with Crippen molar-refractivity contribution in [2.24, 2.45) is 5.92 Å². The molecule has 0 aliphatic carbocycles. The first-order valence-corrected chi connectivity index (χ1v) is 10.2. The second kappa shape index (κ2) is 7.93. The van der Waals surface area contributed by atoms with Crippen LogP contribution < -0.4 is 0 Å². The Morgan fingerprint density at radius 3 is 2.55 bits per heavy atom. The number of fused-ring (bicyclic) bond motifs is 1. The Bertz CT molecular complexity index is 897. The predicted octanol–water partition coefficient (Wildman–Crippen LogP) is 3.40. The van der Waals surface area contributed by atoms with Crippen molar-refractivity contribution < 1.29 is 14.0 Å². The average molecular weight is 395 g/mol. The van der Waals surface area contributed by atoms with Gasteiger partial charge < -0.3 is 9.80 Å². The molecule has 2 aliphatic rings. The molecule has 0 unspecified atom stereocenters. The van der Waals surface area contributed by atoms with E-state index >= 15 is 0 Å². The number of aryl methyl sites for hydroxylation is 1. The van der Waals surface area contributed by atoms with Crippen molar-refractivity contribution in [1.29, 1.82) is 0 Å². The van der Waals surface area contributed by atoms with Gasteiger partial charge in [0.1, 0.15) is 5.82 Å². The highest BCUT2D eigenvalue weighted by Gasteiger charge is 2.47. The van der Waals surface area contributed by atoms with Gasteiger partial charge in [-0.15, -0.1) is 0 Å². The molecule has 4 rings (SSSR count). The third-order valence-electron chi connectivity index (χ3n) is 6.30. The molecule has 2 saturated heterocycles. The van der Waals surface area contributed by atoms with E-state index in [2.05, 4.69) is 4.98 Å². The molecule has 3 atom stereocenters. The van der Waals surface area contributed by atoms with Gasteiger partial charge in [-0.05, 0) is 43.2 Å². The van der Waals surface area contributed by atoms with Crippen molar-refractivity contribution >= 4 is 11.8 Å². The van der Waals surface area contributed by atoms with Gasteiger partial charge in [-0.3, -0.25) is 14.6 Å². The number of amides is 2. The first-order chi connectivity index (χ1) is 14.0. The Balaban J connectivity index is 1.59. The highest BCUT2D eigenvalue weighted by molar-refractivity contribution is 5.94. The van der Waals surface area contributed by atoms with Crippen LogP contribution in [0.4, 0.5) is 4.39 Å². The number of halogens is 1. The smallest absolute Gasteiger partial charge is 0.255 e. The Morgan fingerprint density at radius 1 is 1.14 bits per heavy atom. The monoisotopic (exact) mass is 395 g/mol. The predicted molar refractivity (Wildman–Crippen MR) is 108 cm³/mol. The Kier molecular flexibility index (Phi) is 5.35. The summed E-state index contributed by atoms with van der Waals surface area (Å²) in [7, 11) is 0. The summed E-state index contributed by atoms with van der Waals surface area (Å²) in [5.41, 5.74) is 2.49. The number of likely N-dealkylation sites (tertiary alicyclic amines) is 2. The molecule has 6 heteroatoms. The van der Waals surface area contributed by atoms with E-state index in [4.69, 9.17) is 0 Å². The van der Waals surface area contributed by atoms with E-state index in [0.29, 0.717) is 31.6 Å². The summed E-state index contributed by atoms with van der Waals surface area (Å²) >= 11 is 0. The highest BCUT2D eigenvalue weighted by Crippen LogP contribution is 2.42. The molecule has 5 nitrogen and oxygen atoms in total. The lowest BCUT2D eigenvalue weighted by atomic mass is 9.81. The molecule has 0 bridgehead atoms. The number of pyridine rings is 1. The molecule has 0 saturated carbocycles. The number of rotatable bonds is 3. The quantitative estimate of drug-likeness (QED) is 0.801. The molecule has 1 aromatic heterocycles. The zero-order valence-corrected chi connectivity index (χ0v) is 16.8. The summed E-state index contributed by atoms with van der Waals surface area (Å²) in [6, 6.07) is 10.3. The maximum Gasteiger partial charge on any atom is 0.255 e. The summed E-state index contributed by atoms with van der Waals surface area (Å²) in [6.45, 7) is 5.61. The Morgan fingerprint density at radius 2 is 1.90 bits per heavy atom. The SMILES string of the molecule is CCC(=O)N1C[C@H](c2ccc(F)cc2)[C@H]2CN(C(=O)c3ccc(C)nc3)CC[C@H]21. The summed E-state index contributed by atoms with van der Waals surface area (Å²) in [4.78, 5) is 33.7. The molecule has 152 valence electrons. The van der Waals surface area contributed by atoms with Crippen molar-refractivity contribution in [1.82, 2.24) is 14.8 Å². The van der Waals surface area contributed by atoms with Crippen LogP contribution in [0.5, 0.6) is 0 Å². The van der Waals surface area contributed by atoms with Crippen LogP contribution in [-0.2, 0) is 4.79 Å². The third kappa shape index (κ3) is 3.76. The van der Waals surface area contributed by atoms with Crippen LogP contribution in [-0.4, -0.2) is 52.3 Å². The molecule has 3 heterocycles. The minimum absolute atomic E-state index is 0.0194. The largest absolute Gasteiger partial charge is 0.339 e. The number of aromatic nitrogens is 1. The first kappa shape index (κ1) is 19.6. The van der Waals surface area contributed by atoms with Crippen LogP contribution in [0.2, 0.25) is 0 Å². The minimum Gasteiger partial charge on any atom is -0.339 e. The standard InChI is InChI=1S/C23H26FN3O2/c1-3-22(28)27-14-19(16-6-8-18(24)9-7-16)20-13-26(11-10-21(20)27)23(29)17-5-4-15(2)25-12-17/h4-9,12,19-21H,3,10-11,13-14H2,1-2H3/t19-,20-,21-/m1/s1. The molecule has 0 N–H and O–H groups in total. The number of piperidine rings is 1. The van der Waals surface area contributed by atoms with Crippen molar-refractivity contribution in [2.45, 2.75) is 38.6 Å². The molecule has 1 aromatic carbocycles. The van der Waals surface area contributed by atoms with Gasteiger partial charge in [-0.2, -0.15) is 0 Å². The van der Waals surface area contributed by atoms with Crippen molar-refractivity contribution in [3.05, 3.63) is 65.2 Å². The number of carbonyl (C=O) groups is 2. The van der Waals surface area contributed by atoms with Crippen molar-refractivity contribution in [2.75, 3.05) is 19.6 Å². The van der Waals surface area contributed by atoms with Gasteiger partial charge >= 0.3 is 0 Å². The molecule has 0 spiro atoms. The number of hydrogen-bond donors (Lipinski definition) is 0. The number of nitrogens with zero attached hydrogens (tertiary/aromatic N) is 3. The summed E-state index contributed by atoms with van der Waals surface area (Å²) in [5.74, 6) is 0.105. The van der Waals surface area contributed by atoms with E-state index in [0.717, 1.165) is 17.7 Å². The number of benzene rings is 1. The van der Waals surface area contributed by atoms with E-state index in [9.17, 15) is 14.0 Å². The fourth-order valence-electron chi connectivity index (χ4n) is 4.75. The average Bonchev–Trinajstić information content (AvgIpc) is 3.12.